The van der Waals surface area contributed by atoms with E-state index >= 15 is 0 Å². The number of rotatable bonds is 7. The van der Waals surface area contributed by atoms with E-state index in [1.54, 1.807) is 27.8 Å². The number of ether oxygens (including phenoxy) is 1. The maximum atomic E-state index is 14.6. The monoisotopic (exact) mass is 431 g/mol. The molecule has 1 aliphatic heterocycles. The summed E-state index contributed by atoms with van der Waals surface area (Å²) in [6.45, 7) is 6.23. The third-order valence-electron chi connectivity index (χ3n) is 3.36. The molecule has 0 fully saturated rings. The van der Waals surface area contributed by atoms with Gasteiger partial charge in [0, 0.05) is 0 Å². The van der Waals surface area contributed by atoms with E-state index in [1.165, 1.54) is 15.7 Å². The van der Waals surface area contributed by atoms with Crippen LogP contribution in [-0.2, 0) is 31.3 Å². The van der Waals surface area contributed by atoms with Crippen LogP contribution in [0.25, 0.3) is 0 Å². The topological polar surface area (TPSA) is 100 Å². The van der Waals surface area contributed by atoms with Crippen molar-refractivity contribution in [2.45, 2.75) is 26.4 Å². The number of hydrogen-bond acceptors (Lipinski definition) is 5. The van der Waals surface area contributed by atoms with E-state index in [2.05, 4.69) is 32.6 Å². The van der Waals surface area contributed by atoms with Gasteiger partial charge in [-0.25, -0.2) is 0 Å². The summed E-state index contributed by atoms with van der Waals surface area (Å²) in [4.78, 5) is 41.1. The zero-order chi connectivity index (χ0) is 21.3. The van der Waals surface area contributed by atoms with E-state index in [0.29, 0.717) is 13.1 Å². The third kappa shape index (κ3) is 8.18. The molecule has 8 nitrogen and oxygen atoms in total. The zero-order valence-electron chi connectivity index (χ0n) is 16.4. The normalized spacial score (nSPS) is 15.6. The van der Waals surface area contributed by atoms with Gasteiger partial charge in [0.1, 0.15) is 5.60 Å². The van der Waals surface area contributed by atoms with Gasteiger partial charge in [-0.15, -0.1) is 0 Å². The second-order valence-electron chi connectivity index (χ2n) is 6.90. The summed E-state index contributed by atoms with van der Waals surface area (Å²) < 4.78 is 21.1. The van der Waals surface area contributed by atoms with Crippen molar-refractivity contribution in [1.29, 1.82) is 0 Å². The molecule has 3 amide bonds. The van der Waals surface area contributed by atoms with Gasteiger partial charge < -0.3 is 0 Å². The molecule has 1 heterocycles. The first-order valence-electron chi connectivity index (χ1n) is 8.65. The standard InChI is InChI=1S/C18H25FN4O4.V/c1-6-12(15-16(25)23(5)10-9-21-15)13(19)11-14(24)20-7-8-22-17(26)27-18(2,3)4;/h1,6,11H,7-10H2,2-5H3,(H,20,24)(H,22,26);/b12-6+,13-11?;. The number of carbonyl (C=O) groups is 3. The van der Waals surface area contributed by atoms with Crippen molar-refractivity contribution < 1.29 is 40.5 Å². The molecule has 0 saturated carbocycles. The van der Waals surface area contributed by atoms with Crippen molar-refractivity contribution in [3.05, 3.63) is 23.6 Å². The average molecular weight is 431 g/mol. The van der Waals surface area contributed by atoms with Crippen LogP contribution >= 0.6 is 0 Å². The Labute approximate surface area is 172 Å². The van der Waals surface area contributed by atoms with Gasteiger partial charge in [-0.1, -0.05) is 0 Å². The van der Waals surface area contributed by atoms with Crippen LogP contribution in [0.3, 0.4) is 0 Å². The van der Waals surface area contributed by atoms with Crippen LogP contribution in [-0.4, -0.2) is 72.1 Å². The fourth-order valence-corrected chi connectivity index (χ4v) is 2.35. The molecular formula is C18H25FN4O4V. The average Bonchev–Trinajstić information content (AvgIpc) is 2.58. The van der Waals surface area contributed by atoms with Crippen molar-refractivity contribution in [2.75, 3.05) is 33.2 Å². The summed E-state index contributed by atoms with van der Waals surface area (Å²) in [7, 11) is 1.60. The van der Waals surface area contributed by atoms with Crippen molar-refractivity contribution in [3.63, 3.8) is 0 Å². The molecule has 0 bridgehead atoms. The molecule has 153 valence electrons. The Balaban J connectivity index is 2.64. The van der Waals surface area contributed by atoms with Crippen molar-refractivity contribution in [1.82, 2.24) is 15.5 Å². The van der Waals surface area contributed by atoms with Gasteiger partial charge in [0.2, 0.25) is 0 Å². The fourth-order valence-electron chi connectivity index (χ4n) is 2.12. The Morgan fingerprint density at radius 2 is 1.96 bits per heavy atom. The first kappa shape index (κ1) is 23.8. The predicted molar refractivity (Wildman–Crippen MR) is 101 cm³/mol. The van der Waals surface area contributed by atoms with Gasteiger partial charge in [0.25, 0.3) is 0 Å². The van der Waals surface area contributed by atoms with Crippen LogP contribution < -0.4 is 10.6 Å². The molecule has 28 heavy (non-hydrogen) atoms. The summed E-state index contributed by atoms with van der Waals surface area (Å²) in [5.41, 5.74) is -0.701. The van der Waals surface area contributed by atoms with E-state index in [-0.39, 0.29) is 24.4 Å². The molecule has 1 rings (SSSR count). The number of alkyl carbamates (subject to hydrolysis) is 1. The van der Waals surface area contributed by atoms with Gasteiger partial charge in [0.15, 0.2) is 0 Å². The number of nitrogens with zero attached hydrogens (tertiary/aromatic N) is 2. The third-order valence-corrected chi connectivity index (χ3v) is 3.59. The quantitative estimate of drug-likeness (QED) is 0.352. The minimum atomic E-state index is -0.873. The fraction of sp³-hybridized carbons (Fsp3) is 0.500. The van der Waals surface area contributed by atoms with Gasteiger partial charge in [-0.3, -0.25) is 0 Å². The zero-order valence-corrected chi connectivity index (χ0v) is 17.8. The number of hydrogen-bond donors (Lipinski definition) is 2. The van der Waals surface area contributed by atoms with E-state index in [4.69, 9.17) is 4.74 Å². The summed E-state index contributed by atoms with van der Waals surface area (Å²) in [5, 5.41) is 4.92. The van der Waals surface area contributed by atoms with E-state index in [1.807, 2.05) is 0 Å². The molecule has 0 unspecified atom stereocenters. The summed E-state index contributed by atoms with van der Waals surface area (Å²) in [6, 6.07) is 0. The number of aliphatic imine (C=N–C) groups is 1. The predicted octanol–water partition coefficient (Wildman–Crippen LogP) is 0.669. The first-order valence-corrected chi connectivity index (χ1v) is 9.46. The Bertz CT molecular complexity index is 726. The van der Waals surface area contributed by atoms with Crippen molar-refractivity contribution in [3.8, 4) is 0 Å². The first-order chi connectivity index (χ1) is 13.0. The molecule has 0 atom stereocenters. The minimum absolute atomic E-state index is 0.0239. The molecule has 0 aromatic rings. The summed E-state index contributed by atoms with van der Waals surface area (Å²) >= 11 is 2.13. The molecule has 0 aliphatic carbocycles. The summed E-state index contributed by atoms with van der Waals surface area (Å²) in [6.07, 6.45) is 1.52. The molecule has 0 saturated heterocycles. The molecule has 0 aromatic heterocycles. The van der Waals surface area contributed by atoms with Crippen LogP contribution in [0.15, 0.2) is 28.5 Å². The van der Waals surface area contributed by atoms with E-state index in [9.17, 15) is 18.8 Å². The number of carbonyl (C=O) groups excluding carboxylic acids is 3. The van der Waals surface area contributed by atoms with Gasteiger partial charge in [0.05, 0.1) is 0 Å². The van der Waals surface area contributed by atoms with E-state index < -0.39 is 29.3 Å². The number of likely N-dealkylation sites (N-methyl/N-ethyl adjacent to an activating group) is 1. The molecule has 2 N–H and O–H groups in total. The Hall–Kier alpha value is -2.26. The molecule has 10 heteroatoms. The van der Waals surface area contributed by atoms with Crippen LogP contribution in [0.4, 0.5) is 9.18 Å². The molecule has 0 spiro atoms. The summed E-state index contributed by atoms with van der Waals surface area (Å²) in [5.74, 6) is -1.98. The number of allylic oxidation sites excluding steroid dienone is 2. The van der Waals surface area contributed by atoms with Crippen LogP contribution in [0.1, 0.15) is 20.8 Å². The number of halogens is 1. The second kappa shape index (κ2) is 10.9. The second-order valence-corrected chi connectivity index (χ2v) is 7.36. The Morgan fingerprint density at radius 1 is 1.32 bits per heavy atom. The Kier molecular flexibility index (Phi) is 9.27. The number of nitrogens with one attached hydrogen (secondary N) is 2. The SMILES string of the molecule is CN1CCN=C(/C(=C/[CH]=[V])C(F)=CC(=O)NCCNC(=O)OC(C)(C)C)C1=O. The van der Waals surface area contributed by atoms with Crippen LogP contribution in [0, 0.1) is 0 Å². The molecular weight excluding hydrogens is 406 g/mol. The molecule has 0 aromatic carbocycles. The molecule has 0 radical (unpaired) electrons. The van der Waals surface area contributed by atoms with Crippen molar-refractivity contribution >= 4 is 28.3 Å². The van der Waals surface area contributed by atoms with Gasteiger partial charge >= 0.3 is 146 Å². The van der Waals surface area contributed by atoms with Gasteiger partial charge in [-0.2, -0.15) is 0 Å². The maximum absolute atomic E-state index is 14.6. The van der Waals surface area contributed by atoms with Crippen LogP contribution in [0.5, 0.6) is 0 Å². The van der Waals surface area contributed by atoms with Crippen molar-refractivity contribution in [2.24, 2.45) is 4.99 Å². The Morgan fingerprint density at radius 3 is 2.57 bits per heavy atom. The van der Waals surface area contributed by atoms with Crippen LogP contribution in [0.2, 0.25) is 0 Å². The number of amides is 3. The van der Waals surface area contributed by atoms with Gasteiger partial charge in [-0.05, 0) is 20.8 Å². The van der Waals surface area contributed by atoms with E-state index in [0.717, 1.165) is 6.08 Å². The molecule has 1 aliphatic rings.